The second kappa shape index (κ2) is 13.3. The van der Waals surface area contributed by atoms with Crippen molar-refractivity contribution in [3.8, 4) is 0 Å². The van der Waals surface area contributed by atoms with Crippen molar-refractivity contribution >= 4 is 27.0 Å². The summed E-state index contributed by atoms with van der Waals surface area (Å²) < 4.78 is 48.2. The quantitative estimate of drug-likeness (QED) is 0.161. The number of nitrogens with one attached hydrogen (secondary N) is 1. The van der Waals surface area contributed by atoms with Gasteiger partial charge in [-0.2, -0.15) is 4.39 Å². The van der Waals surface area contributed by atoms with Gasteiger partial charge in [0, 0.05) is 43.0 Å². The molecule has 1 N–H and O–H groups in total. The third-order valence-corrected chi connectivity index (χ3v) is 8.19. The van der Waals surface area contributed by atoms with Crippen LogP contribution in [0.1, 0.15) is 51.2 Å². The lowest BCUT2D eigenvalue weighted by atomic mass is 10.1. The van der Waals surface area contributed by atoms with Crippen LogP contribution in [0.5, 0.6) is 0 Å². The number of fused-ring (bicyclic) bond motifs is 1. The smallest absolute Gasteiger partial charge is 0.407 e. The molecule has 0 unspecified atom stereocenters. The van der Waals surface area contributed by atoms with E-state index >= 15 is 0 Å². The van der Waals surface area contributed by atoms with Crippen LogP contribution < -0.4 is 5.32 Å². The van der Waals surface area contributed by atoms with Gasteiger partial charge in [0.2, 0.25) is 5.95 Å². The summed E-state index contributed by atoms with van der Waals surface area (Å²) >= 11 is 0. The first-order chi connectivity index (χ1) is 19.5. The zero-order valence-electron chi connectivity index (χ0n) is 23.7. The molecule has 0 saturated carbocycles. The first kappa shape index (κ1) is 30.2. The van der Waals surface area contributed by atoms with Crippen LogP contribution in [-0.2, 0) is 27.8 Å². The minimum Gasteiger partial charge on any atom is -0.444 e. The van der Waals surface area contributed by atoms with Gasteiger partial charge in [-0.05, 0) is 70.0 Å². The Balaban J connectivity index is 1.50. The highest BCUT2D eigenvalue weighted by Crippen LogP contribution is 2.27. The molecular weight excluding hydrogens is 543 g/mol. The molecule has 8 nitrogen and oxygen atoms in total. The van der Waals surface area contributed by atoms with Crippen molar-refractivity contribution in [3.05, 3.63) is 96.2 Å². The molecule has 2 heterocycles. The van der Waals surface area contributed by atoms with E-state index in [4.69, 9.17) is 4.74 Å². The average molecular weight is 581 g/mol. The van der Waals surface area contributed by atoms with Crippen molar-refractivity contribution in [2.45, 2.75) is 63.6 Å². The van der Waals surface area contributed by atoms with E-state index in [1.165, 1.54) is 10.2 Å². The SMILES string of the molecule is CC(C)(C)OC(=O)NCCCCCN(Cc1cccnc1F)Cc1cn(S(=O)(=O)c2ccccc2)c2ccccc12. The van der Waals surface area contributed by atoms with Crippen LogP contribution in [-0.4, -0.2) is 47.1 Å². The van der Waals surface area contributed by atoms with Crippen LogP contribution in [0.4, 0.5) is 9.18 Å². The number of hydrogen-bond acceptors (Lipinski definition) is 6. The highest BCUT2D eigenvalue weighted by Gasteiger charge is 2.22. The van der Waals surface area contributed by atoms with Crippen LogP contribution in [0, 0.1) is 5.95 Å². The summed E-state index contributed by atoms with van der Waals surface area (Å²) in [6.07, 6.45) is 5.06. The number of pyridine rings is 1. The van der Waals surface area contributed by atoms with E-state index in [0.29, 0.717) is 37.3 Å². The monoisotopic (exact) mass is 580 g/mol. The molecule has 41 heavy (non-hydrogen) atoms. The Morgan fingerprint density at radius 1 is 0.951 bits per heavy atom. The van der Waals surface area contributed by atoms with Crippen LogP contribution >= 0.6 is 0 Å². The largest absolute Gasteiger partial charge is 0.444 e. The molecule has 4 rings (SSSR count). The molecule has 0 aliphatic heterocycles. The van der Waals surface area contributed by atoms with Crippen molar-refractivity contribution in [2.75, 3.05) is 13.1 Å². The fourth-order valence-corrected chi connectivity index (χ4v) is 6.04. The summed E-state index contributed by atoms with van der Waals surface area (Å²) in [4.78, 5) is 18.0. The number of aromatic nitrogens is 2. The molecule has 0 atom stereocenters. The number of ether oxygens (including phenoxy) is 1. The molecule has 2 aromatic carbocycles. The molecule has 0 fully saturated rings. The number of hydrogen-bond donors (Lipinski definition) is 1. The van der Waals surface area contributed by atoms with Crippen molar-refractivity contribution in [1.82, 2.24) is 19.2 Å². The van der Waals surface area contributed by atoms with E-state index in [2.05, 4.69) is 15.2 Å². The molecule has 10 heteroatoms. The number of carbonyl (C=O) groups excluding carboxylic acids is 1. The average Bonchev–Trinajstić information content (AvgIpc) is 3.30. The second-order valence-electron chi connectivity index (χ2n) is 10.9. The van der Waals surface area contributed by atoms with Gasteiger partial charge >= 0.3 is 6.09 Å². The van der Waals surface area contributed by atoms with E-state index in [9.17, 15) is 17.6 Å². The molecule has 1 amide bonds. The lowest BCUT2D eigenvalue weighted by Crippen LogP contribution is -2.33. The maximum absolute atomic E-state index is 14.5. The number of rotatable bonds is 12. The lowest BCUT2D eigenvalue weighted by molar-refractivity contribution is 0.0526. The van der Waals surface area contributed by atoms with Crippen LogP contribution in [0.25, 0.3) is 10.9 Å². The topological polar surface area (TPSA) is 93.5 Å². The third-order valence-electron chi connectivity index (χ3n) is 6.50. The third kappa shape index (κ3) is 8.14. The number of para-hydroxylation sites is 1. The molecule has 0 spiro atoms. The van der Waals surface area contributed by atoms with E-state index in [1.54, 1.807) is 54.7 Å². The van der Waals surface area contributed by atoms with E-state index in [0.717, 1.165) is 30.2 Å². The van der Waals surface area contributed by atoms with Gasteiger partial charge in [0.15, 0.2) is 0 Å². The normalized spacial score (nSPS) is 12.1. The van der Waals surface area contributed by atoms with Gasteiger partial charge in [0.25, 0.3) is 10.0 Å². The van der Waals surface area contributed by atoms with Crippen molar-refractivity contribution in [2.24, 2.45) is 0 Å². The Morgan fingerprint density at radius 2 is 1.66 bits per heavy atom. The Labute approximate surface area is 241 Å². The Morgan fingerprint density at radius 3 is 2.39 bits per heavy atom. The predicted molar refractivity (Wildman–Crippen MR) is 157 cm³/mol. The molecule has 0 radical (unpaired) electrons. The Hall–Kier alpha value is -3.76. The predicted octanol–water partition coefficient (Wildman–Crippen LogP) is 6.11. The molecule has 0 aliphatic rings. The highest BCUT2D eigenvalue weighted by atomic mass is 32.2. The highest BCUT2D eigenvalue weighted by molar-refractivity contribution is 7.90. The minimum atomic E-state index is -3.81. The Kier molecular flexibility index (Phi) is 9.77. The van der Waals surface area contributed by atoms with Gasteiger partial charge in [-0.3, -0.25) is 4.90 Å². The number of nitrogens with zero attached hydrogens (tertiary/aromatic N) is 3. The zero-order valence-corrected chi connectivity index (χ0v) is 24.5. The molecular formula is C31H37FN4O4S. The Bertz CT molecular complexity index is 1570. The van der Waals surface area contributed by atoms with Crippen LogP contribution in [0.3, 0.4) is 0 Å². The van der Waals surface area contributed by atoms with E-state index in [1.807, 2.05) is 39.0 Å². The van der Waals surface area contributed by atoms with Crippen molar-refractivity contribution in [3.63, 3.8) is 0 Å². The standard InChI is InChI=1S/C31H37FN4O4S/c1-31(2,3)40-30(37)34-18-10-5-11-20-35(21-24-13-12-19-33-29(24)32)22-25-23-36(28-17-9-8-16-27(25)28)41(38,39)26-14-6-4-7-15-26/h4,6-9,12-17,19,23H,5,10-11,18,20-22H2,1-3H3,(H,34,37). The molecule has 0 aliphatic carbocycles. The van der Waals surface area contributed by atoms with Gasteiger partial charge in [-0.1, -0.05) is 48.9 Å². The fraction of sp³-hybridized carbons (Fsp3) is 0.355. The van der Waals surface area contributed by atoms with Crippen molar-refractivity contribution in [1.29, 1.82) is 0 Å². The first-order valence-corrected chi connectivity index (χ1v) is 15.2. The van der Waals surface area contributed by atoms with Crippen LogP contribution in [0.15, 0.2) is 84.0 Å². The van der Waals surface area contributed by atoms with Crippen LogP contribution in [0.2, 0.25) is 0 Å². The summed E-state index contributed by atoms with van der Waals surface area (Å²) in [5.74, 6) is -0.520. The number of alkyl carbamates (subject to hydrolysis) is 1. The molecule has 218 valence electrons. The van der Waals surface area contributed by atoms with E-state index in [-0.39, 0.29) is 4.90 Å². The molecule has 0 saturated heterocycles. The van der Waals surface area contributed by atoms with Gasteiger partial charge in [0.05, 0.1) is 10.4 Å². The summed E-state index contributed by atoms with van der Waals surface area (Å²) in [5.41, 5.74) is 1.35. The van der Waals surface area contributed by atoms with Gasteiger partial charge in [-0.25, -0.2) is 22.2 Å². The lowest BCUT2D eigenvalue weighted by Gasteiger charge is -2.22. The van der Waals surface area contributed by atoms with Gasteiger partial charge in [0.1, 0.15) is 5.60 Å². The molecule has 4 aromatic rings. The summed E-state index contributed by atoms with van der Waals surface area (Å²) in [6.45, 7) is 7.34. The maximum Gasteiger partial charge on any atom is 0.407 e. The van der Waals surface area contributed by atoms with Gasteiger partial charge in [-0.15, -0.1) is 0 Å². The number of unbranched alkanes of at least 4 members (excludes halogenated alkanes) is 2. The second-order valence-corrected chi connectivity index (χ2v) is 12.8. The summed E-state index contributed by atoms with van der Waals surface area (Å²) in [7, 11) is -3.81. The zero-order chi connectivity index (χ0) is 29.5. The first-order valence-electron chi connectivity index (χ1n) is 13.7. The number of amides is 1. The fourth-order valence-electron chi connectivity index (χ4n) is 4.62. The van der Waals surface area contributed by atoms with Gasteiger partial charge < -0.3 is 10.1 Å². The number of benzene rings is 2. The number of carbonyl (C=O) groups is 1. The minimum absolute atomic E-state index is 0.210. The van der Waals surface area contributed by atoms with Crippen molar-refractivity contribution < 1.29 is 22.3 Å². The molecule has 0 bridgehead atoms. The summed E-state index contributed by atoms with van der Waals surface area (Å²) in [6, 6.07) is 19.2. The number of halogens is 1. The maximum atomic E-state index is 14.5. The summed E-state index contributed by atoms with van der Waals surface area (Å²) in [5, 5.41) is 3.60. The molecule has 2 aromatic heterocycles. The van der Waals surface area contributed by atoms with E-state index < -0.39 is 27.7 Å².